The Morgan fingerprint density at radius 2 is 2.21 bits per heavy atom. The van der Waals surface area contributed by atoms with Crippen LogP contribution in [-0.4, -0.2) is 12.6 Å². The van der Waals surface area contributed by atoms with Crippen LogP contribution in [0.2, 0.25) is 0 Å². The number of ether oxygens (including phenoxy) is 1. The van der Waals surface area contributed by atoms with Gasteiger partial charge in [-0.15, -0.1) is 0 Å². The fourth-order valence-electron chi connectivity index (χ4n) is 3.57. The molecule has 2 aliphatic rings. The smallest absolute Gasteiger partial charge is 0.415 e. The van der Waals surface area contributed by atoms with Gasteiger partial charge in [0.2, 0.25) is 0 Å². The lowest BCUT2D eigenvalue weighted by Gasteiger charge is -2.43. The molecule has 0 saturated heterocycles. The highest BCUT2D eigenvalue weighted by Crippen LogP contribution is 2.52. The number of benzene rings is 1. The van der Waals surface area contributed by atoms with Gasteiger partial charge in [0.15, 0.2) is 0 Å². The van der Waals surface area contributed by atoms with Gasteiger partial charge < -0.3 is 4.74 Å². The first-order chi connectivity index (χ1) is 9.19. The number of rotatable bonds is 2. The van der Waals surface area contributed by atoms with E-state index in [1.54, 1.807) is 4.90 Å². The Labute approximate surface area is 114 Å². The van der Waals surface area contributed by atoms with Crippen LogP contribution in [0.1, 0.15) is 45.1 Å². The van der Waals surface area contributed by atoms with Gasteiger partial charge in [-0.3, -0.25) is 4.90 Å². The van der Waals surface area contributed by atoms with Crippen molar-refractivity contribution in [3.8, 4) is 0 Å². The Bertz CT molecular complexity index is 499. The molecule has 1 aromatic carbocycles. The van der Waals surface area contributed by atoms with Gasteiger partial charge in [0.1, 0.15) is 5.60 Å². The zero-order valence-corrected chi connectivity index (χ0v) is 11.7. The summed E-state index contributed by atoms with van der Waals surface area (Å²) in [4.78, 5) is 14.1. The molecule has 2 atom stereocenters. The maximum Gasteiger partial charge on any atom is 0.415 e. The molecule has 0 aromatic heterocycles. The zero-order valence-electron chi connectivity index (χ0n) is 11.7. The molecule has 1 heterocycles. The number of amides is 1. The van der Waals surface area contributed by atoms with Gasteiger partial charge in [-0.25, -0.2) is 4.79 Å². The molecule has 3 rings (SSSR count). The normalized spacial score (nSPS) is 29.5. The fraction of sp³-hybridized carbons (Fsp3) is 0.562. The second-order valence-electron chi connectivity index (χ2n) is 5.72. The van der Waals surface area contributed by atoms with Crippen LogP contribution in [0.25, 0.3) is 0 Å². The Morgan fingerprint density at radius 1 is 1.42 bits per heavy atom. The summed E-state index contributed by atoms with van der Waals surface area (Å²) in [5.41, 5.74) is 1.88. The monoisotopic (exact) mass is 259 g/mol. The molecule has 0 bridgehead atoms. The highest BCUT2D eigenvalue weighted by atomic mass is 16.6. The molecule has 3 nitrogen and oxygen atoms in total. The standard InChI is InChI=1S/C16H21NO2/c1-3-11-17-14-9-5-4-8-13(14)16(19-15(17)18)10-6-7-12(16)2/h4-5,8-9,12H,3,6-7,10-11H2,1-2H3/t12-,16-/m1/s1. The molecule has 19 heavy (non-hydrogen) atoms. The number of anilines is 1. The minimum atomic E-state index is -0.377. The van der Waals surface area contributed by atoms with Crippen LogP contribution in [0, 0.1) is 5.92 Å². The number of carbonyl (C=O) groups is 1. The largest absolute Gasteiger partial charge is 0.437 e. The highest BCUT2D eigenvalue weighted by molar-refractivity contribution is 5.91. The van der Waals surface area contributed by atoms with Crippen molar-refractivity contribution >= 4 is 11.8 Å². The van der Waals surface area contributed by atoms with Crippen molar-refractivity contribution in [2.75, 3.05) is 11.4 Å². The average molecular weight is 259 g/mol. The molecular weight excluding hydrogens is 238 g/mol. The second kappa shape index (κ2) is 4.55. The molecule has 1 aliphatic carbocycles. The minimum Gasteiger partial charge on any atom is -0.437 e. The summed E-state index contributed by atoms with van der Waals surface area (Å²) < 4.78 is 5.93. The molecule has 1 fully saturated rings. The summed E-state index contributed by atoms with van der Waals surface area (Å²) in [6.45, 7) is 5.01. The molecule has 1 spiro atoms. The van der Waals surface area contributed by atoms with Gasteiger partial charge in [0.25, 0.3) is 0 Å². The third kappa shape index (κ3) is 1.75. The van der Waals surface area contributed by atoms with Gasteiger partial charge in [-0.05, 0) is 31.7 Å². The summed E-state index contributed by atoms with van der Waals surface area (Å²) in [5.74, 6) is 0.404. The van der Waals surface area contributed by atoms with Gasteiger partial charge in [-0.2, -0.15) is 0 Å². The maximum absolute atomic E-state index is 12.4. The quantitative estimate of drug-likeness (QED) is 0.801. The first kappa shape index (κ1) is 12.5. The molecule has 3 heteroatoms. The SMILES string of the molecule is CCCN1C(=O)O[C@@]2(CCC[C@H]2C)c2ccccc21. The fourth-order valence-corrected chi connectivity index (χ4v) is 3.57. The molecule has 1 aliphatic heterocycles. The summed E-state index contributed by atoms with van der Waals surface area (Å²) in [5, 5.41) is 0. The predicted octanol–water partition coefficient (Wildman–Crippen LogP) is 4.07. The minimum absolute atomic E-state index is 0.172. The number of hydrogen-bond acceptors (Lipinski definition) is 2. The van der Waals surface area contributed by atoms with Crippen LogP contribution in [-0.2, 0) is 10.3 Å². The van der Waals surface area contributed by atoms with Crippen molar-refractivity contribution in [3.05, 3.63) is 29.8 Å². The second-order valence-corrected chi connectivity index (χ2v) is 5.72. The van der Waals surface area contributed by atoms with Gasteiger partial charge in [-0.1, -0.05) is 32.0 Å². The molecule has 0 N–H and O–H groups in total. The number of nitrogens with zero attached hydrogens (tertiary/aromatic N) is 1. The number of para-hydroxylation sites is 1. The Kier molecular flexibility index (Phi) is 3.00. The first-order valence-corrected chi connectivity index (χ1v) is 7.29. The number of hydrogen-bond donors (Lipinski definition) is 0. The lowest BCUT2D eigenvalue weighted by molar-refractivity contribution is -0.0196. The summed E-state index contributed by atoms with van der Waals surface area (Å²) >= 11 is 0. The van der Waals surface area contributed by atoms with Crippen molar-refractivity contribution in [1.82, 2.24) is 0 Å². The molecule has 102 valence electrons. The van der Waals surface area contributed by atoms with E-state index in [1.807, 2.05) is 6.07 Å². The van der Waals surface area contributed by atoms with Crippen LogP contribution in [0.5, 0.6) is 0 Å². The van der Waals surface area contributed by atoms with Crippen molar-refractivity contribution in [2.45, 2.75) is 45.1 Å². The van der Waals surface area contributed by atoms with Crippen molar-refractivity contribution < 1.29 is 9.53 Å². The first-order valence-electron chi connectivity index (χ1n) is 7.29. The van der Waals surface area contributed by atoms with Gasteiger partial charge in [0, 0.05) is 18.0 Å². The molecule has 0 unspecified atom stereocenters. The topological polar surface area (TPSA) is 29.5 Å². The van der Waals surface area contributed by atoms with E-state index in [0.717, 1.165) is 37.9 Å². The van der Waals surface area contributed by atoms with Crippen molar-refractivity contribution in [1.29, 1.82) is 0 Å². The Balaban J connectivity index is 2.12. The third-order valence-corrected chi connectivity index (χ3v) is 4.57. The number of fused-ring (bicyclic) bond motifs is 2. The highest BCUT2D eigenvalue weighted by Gasteiger charge is 2.50. The van der Waals surface area contributed by atoms with Crippen LogP contribution in [0.15, 0.2) is 24.3 Å². The van der Waals surface area contributed by atoms with Crippen molar-refractivity contribution in [2.24, 2.45) is 5.92 Å². The molecule has 1 aromatic rings. The van der Waals surface area contributed by atoms with Crippen LogP contribution < -0.4 is 4.90 Å². The predicted molar refractivity (Wildman–Crippen MR) is 75.3 cm³/mol. The third-order valence-electron chi connectivity index (χ3n) is 4.57. The summed E-state index contributed by atoms with van der Waals surface area (Å²) in [6, 6.07) is 8.24. The van der Waals surface area contributed by atoms with E-state index in [4.69, 9.17) is 4.74 Å². The molecular formula is C16H21NO2. The van der Waals surface area contributed by atoms with E-state index < -0.39 is 0 Å². The van der Waals surface area contributed by atoms with Crippen LogP contribution in [0.4, 0.5) is 10.5 Å². The van der Waals surface area contributed by atoms with E-state index in [0.29, 0.717) is 5.92 Å². The van der Waals surface area contributed by atoms with E-state index in [9.17, 15) is 4.79 Å². The van der Waals surface area contributed by atoms with E-state index >= 15 is 0 Å². The van der Waals surface area contributed by atoms with Crippen molar-refractivity contribution in [3.63, 3.8) is 0 Å². The summed E-state index contributed by atoms with van der Waals surface area (Å²) in [6.07, 6.45) is 3.99. The number of carbonyl (C=O) groups excluding carboxylic acids is 1. The molecule has 0 radical (unpaired) electrons. The van der Waals surface area contributed by atoms with Crippen LogP contribution in [0.3, 0.4) is 0 Å². The van der Waals surface area contributed by atoms with E-state index in [1.165, 1.54) is 5.56 Å². The van der Waals surface area contributed by atoms with Gasteiger partial charge >= 0.3 is 6.09 Å². The van der Waals surface area contributed by atoms with E-state index in [2.05, 4.69) is 32.0 Å². The maximum atomic E-state index is 12.4. The zero-order chi connectivity index (χ0) is 13.5. The average Bonchev–Trinajstić information content (AvgIpc) is 2.77. The molecule has 1 saturated carbocycles. The lowest BCUT2D eigenvalue weighted by atomic mass is 9.82. The Morgan fingerprint density at radius 3 is 2.89 bits per heavy atom. The van der Waals surface area contributed by atoms with Gasteiger partial charge in [0.05, 0.1) is 5.69 Å². The molecule has 1 amide bonds. The Hall–Kier alpha value is -1.51. The summed E-state index contributed by atoms with van der Waals surface area (Å²) in [7, 11) is 0. The van der Waals surface area contributed by atoms with Crippen LogP contribution >= 0.6 is 0 Å². The van der Waals surface area contributed by atoms with E-state index in [-0.39, 0.29) is 11.7 Å². The lowest BCUT2D eigenvalue weighted by Crippen LogP contribution is -2.47.